The third-order valence-corrected chi connectivity index (χ3v) is 4.56. The number of benzene rings is 2. The van der Waals surface area contributed by atoms with E-state index in [0.717, 1.165) is 30.3 Å². The highest BCUT2D eigenvalue weighted by molar-refractivity contribution is 9.09. The molecule has 1 atom stereocenters. The predicted molar refractivity (Wildman–Crippen MR) is 88.3 cm³/mol. The second kappa shape index (κ2) is 7.44. The molecule has 1 N–H and O–H groups in total. The van der Waals surface area contributed by atoms with Gasteiger partial charge in [0.2, 0.25) is 5.91 Å². The molecule has 2 aromatic carbocycles. The van der Waals surface area contributed by atoms with Gasteiger partial charge in [0.05, 0.1) is 6.42 Å². The molecule has 0 saturated heterocycles. The minimum absolute atomic E-state index is 0.0946. The monoisotopic (exact) mass is 333 g/mol. The summed E-state index contributed by atoms with van der Waals surface area (Å²) < 4.78 is 0. The standard InChI is InChI=1S/C17H20BrNO/c1-2-15(18)10-11-19-17(20)12-14-8-5-7-13-6-3-4-9-16(13)14/h3-9,15H,2,10-12H2,1H3,(H,19,20). The molecule has 2 aromatic rings. The van der Waals surface area contributed by atoms with Gasteiger partial charge in [-0.1, -0.05) is 65.3 Å². The Kier molecular flexibility index (Phi) is 5.60. The average molecular weight is 334 g/mol. The Morgan fingerprint density at radius 2 is 1.95 bits per heavy atom. The molecule has 0 aromatic heterocycles. The van der Waals surface area contributed by atoms with E-state index in [9.17, 15) is 4.79 Å². The maximum Gasteiger partial charge on any atom is 0.224 e. The fourth-order valence-corrected chi connectivity index (χ4v) is 2.48. The lowest BCUT2D eigenvalue weighted by atomic mass is 10.0. The van der Waals surface area contributed by atoms with Gasteiger partial charge in [-0.25, -0.2) is 0 Å². The van der Waals surface area contributed by atoms with Crippen molar-refractivity contribution in [1.82, 2.24) is 5.32 Å². The lowest BCUT2D eigenvalue weighted by molar-refractivity contribution is -0.120. The molecule has 0 spiro atoms. The summed E-state index contributed by atoms with van der Waals surface area (Å²) in [6, 6.07) is 14.3. The maximum atomic E-state index is 12.0. The zero-order valence-corrected chi connectivity index (χ0v) is 13.3. The number of nitrogens with one attached hydrogen (secondary N) is 1. The lowest BCUT2D eigenvalue weighted by Crippen LogP contribution is -2.27. The third kappa shape index (κ3) is 4.07. The molecule has 0 heterocycles. The van der Waals surface area contributed by atoms with Crippen molar-refractivity contribution in [3.8, 4) is 0 Å². The number of rotatable bonds is 6. The van der Waals surface area contributed by atoms with Crippen LogP contribution in [0.3, 0.4) is 0 Å². The highest BCUT2D eigenvalue weighted by Crippen LogP contribution is 2.18. The Morgan fingerprint density at radius 1 is 1.20 bits per heavy atom. The first-order valence-electron chi connectivity index (χ1n) is 7.08. The van der Waals surface area contributed by atoms with Gasteiger partial charge >= 0.3 is 0 Å². The van der Waals surface area contributed by atoms with Gasteiger partial charge in [0.1, 0.15) is 0 Å². The molecule has 1 amide bonds. The molecule has 0 aliphatic heterocycles. The highest BCUT2D eigenvalue weighted by Gasteiger charge is 2.07. The smallest absolute Gasteiger partial charge is 0.224 e. The van der Waals surface area contributed by atoms with Crippen molar-refractivity contribution < 1.29 is 4.79 Å². The molecule has 1 unspecified atom stereocenters. The number of halogens is 1. The van der Waals surface area contributed by atoms with E-state index in [-0.39, 0.29) is 5.91 Å². The van der Waals surface area contributed by atoms with Crippen LogP contribution < -0.4 is 5.32 Å². The molecule has 0 aliphatic rings. The maximum absolute atomic E-state index is 12.0. The summed E-state index contributed by atoms with van der Waals surface area (Å²) in [6.45, 7) is 2.87. The van der Waals surface area contributed by atoms with Crippen LogP contribution in [-0.4, -0.2) is 17.3 Å². The van der Waals surface area contributed by atoms with Gasteiger partial charge < -0.3 is 5.32 Å². The zero-order valence-electron chi connectivity index (χ0n) is 11.7. The van der Waals surface area contributed by atoms with E-state index in [2.05, 4.69) is 46.4 Å². The van der Waals surface area contributed by atoms with E-state index in [4.69, 9.17) is 0 Å². The molecule has 0 radical (unpaired) electrons. The minimum atomic E-state index is 0.0946. The Bertz CT molecular complexity index is 577. The van der Waals surface area contributed by atoms with Gasteiger partial charge in [-0.3, -0.25) is 4.79 Å². The number of amides is 1. The number of carbonyl (C=O) groups excluding carboxylic acids is 1. The van der Waals surface area contributed by atoms with Crippen LogP contribution in [0.15, 0.2) is 42.5 Å². The second-order valence-corrected chi connectivity index (χ2v) is 6.25. The van der Waals surface area contributed by atoms with Gasteiger partial charge in [0.25, 0.3) is 0 Å². The summed E-state index contributed by atoms with van der Waals surface area (Å²) in [5.41, 5.74) is 1.09. The molecule has 106 valence electrons. The summed E-state index contributed by atoms with van der Waals surface area (Å²) in [4.78, 5) is 12.5. The molecular formula is C17H20BrNO. The molecule has 20 heavy (non-hydrogen) atoms. The Hall–Kier alpha value is -1.35. The molecule has 0 saturated carbocycles. The van der Waals surface area contributed by atoms with E-state index in [0.29, 0.717) is 11.2 Å². The van der Waals surface area contributed by atoms with Crippen molar-refractivity contribution in [2.75, 3.05) is 6.54 Å². The van der Waals surface area contributed by atoms with Crippen molar-refractivity contribution >= 4 is 32.6 Å². The van der Waals surface area contributed by atoms with E-state index in [1.807, 2.05) is 24.3 Å². The van der Waals surface area contributed by atoms with E-state index >= 15 is 0 Å². The first-order chi connectivity index (χ1) is 9.70. The van der Waals surface area contributed by atoms with Crippen molar-refractivity contribution in [2.24, 2.45) is 0 Å². The second-order valence-electron chi connectivity index (χ2n) is 4.96. The number of carbonyl (C=O) groups is 1. The summed E-state index contributed by atoms with van der Waals surface area (Å²) in [7, 11) is 0. The number of hydrogen-bond acceptors (Lipinski definition) is 1. The largest absolute Gasteiger partial charge is 0.356 e. The van der Waals surface area contributed by atoms with Crippen LogP contribution in [0.5, 0.6) is 0 Å². The number of alkyl halides is 1. The lowest BCUT2D eigenvalue weighted by Gasteiger charge is -2.09. The van der Waals surface area contributed by atoms with Crippen LogP contribution in [0.4, 0.5) is 0 Å². The fourth-order valence-electron chi connectivity index (χ4n) is 2.25. The van der Waals surface area contributed by atoms with Crippen molar-refractivity contribution in [3.63, 3.8) is 0 Å². The molecule has 3 heteroatoms. The van der Waals surface area contributed by atoms with Crippen molar-refractivity contribution in [2.45, 2.75) is 31.0 Å². The first kappa shape index (κ1) is 15.0. The quantitative estimate of drug-likeness (QED) is 0.793. The molecule has 2 nitrogen and oxygen atoms in total. The van der Waals surface area contributed by atoms with Gasteiger partial charge in [-0.15, -0.1) is 0 Å². The molecule has 0 aliphatic carbocycles. The van der Waals surface area contributed by atoms with Crippen LogP contribution >= 0.6 is 15.9 Å². The topological polar surface area (TPSA) is 29.1 Å². The van der Waals surface area contributed by atoms with Crippen molar-refractivity contribution in [1.29, 1.82) is 0 Å². The zero-order chi connectivity index (χ0) is 14.4. The molecule has 0 bridgehead atoms. The molecule has 0 fully saturated rings. The number of fused-ring (bicyclic) bond motifs is 1. The van der Waals surface area contributed by atoms with Crippen LogP contribution in [0.25, 0.3) is 10.8 Å². The predicted octanol–water partition coefficient (Wildman–Crippen LogP) is 4.06. The van der Waals surface area contributed by atoms with Gasteiger partial charge in [0.15, 0.2) is 0 Å². The SMILES string of the molecule is CCC(Br)CCNC(=O)Cc1cccc2ccccc12. The van der Waals surface area contributed by atoms with Crippen LogP contribution in [0.2, 0.25) is 0 Å². The van der Waals surface area contributed by atoms with Gasteiger partial charge in [0, 0.05) is 11.4 Å². The Labute approximate surface area is 128 Å². The first-order valence-corrected chi connectivity index (χ1v) is 7.99. The van der Waals surface area contributed by atoms with E-state index in [1.165, 1.54) is 5.39 Å². The normalized spacial score (nSPS) is 12.3. The van der Waals surface area contributed by atoms with E-state index in [1.54, 1.807) is 0 Å². The van der Waals surface area contributed by atoms with Crippen LogP contribution in [0, 0.1) is 0 Å². The number of hydrogen-bond donors (Lipinski definition) is 1. The van der Waals surface area contributed by atoms with Crippen LogP contribution in [0.1, 0.15) is 25.3 Å². The highest BCUT2D eigenvalue weighted by atomic mass is 79.9. The summed E-state index contributed by atoms with van der Waals surface area (Å²) in [5, 5.41) is 5.34. The Balaban J connectivity index is 1.96. The van der Waals surface area contributed by atoms with Gasteiger partial charge in [-0.05, 0) is 29.2 Å². The summed E-state index contributed by atoms with van der Waals surface area (Å²) in [6.07, 6.45) is 2.50. The Morgan fingerprint density at radius 3 is 2.75 bits per heavy atom. The fraction of sp³-hybridized carbons (Fsp3) is 0.353. The van der Waals surface area contributed by atoms with Crippen LogP contribution in [-0.2, 0) is 11.2 Å². The van der Waals surface area contributed by atoms with E-state index < -0.39 is 0 Å². The molecular weight excluding hydrogens is 314 g/mol. The summed E-state index contributed by atoms with van der Waals surface area (Å²) >= 11 is 3.58. The van der Waals surface area contributed by atoms with Gasteiger partial charge in [-0.2, -0.15) is 0 Å². The minimum Gasteiger partial charge on any atom is -0.356 e. The third-order valence-electron chi connectivity index (χ3n) is 3.45. The molecule has 2 rings (SSSR count). The summed E-state index contributed by atoms with van der Waals surface area (Å²) in [5.74, 6) is 0.0946. The average Bonchev–Trinajstić information content (AvgIpc) is 2.47. The van der Waals surface area contributed by atoms with Crippen molar-refractivity contribution in [3.05, 3.63) is 48.0 Å².